The minimum Gasteiger partial charge on any atom is -0.460 e. The van der Waals surface area contributed by atoms with Gasteiger partial charge in [0.1, 0.15) is 5.76 Å². The van der Waals surface area contributed by atoms with Crippen LogP contribution in [-0.2, 0) is 34.8 Å². The van der Waals surface area contributed by atoms with Gasteiger partial charge in [0.05, 0.1) is 6.26 Å². The molecule has 1 heterocycles. The number of ketones is 1. The van der Waals surface area contributed by atoms with Crippen molar-refractivity contribution < 1.29 is 27.5 Å². The van der Waals surface area contributed by atoms with E-state index in [2.05, 4.69) is 4.72 Å². The number of hydrogen-bond acceptors (Lipinski definition) is 6. The maximum absolute atomic E-state index is 12.7. The van der Waals surface area contributed by atoms with Crippen LogP contribution in [0.4, 0.5) is 0 Å². The van der Waals surface area contributed by atoms with Crippen LogP contribution in [-0.4, -0.2) is 26.4 Å². The average molecular weight is 360 g/mol. The van der Waals surface area contributed by atoms with E-state index in [4.69, 9.17) is 21.1 Å². The summed E-state index contributed by atoms with van der Waals surface area (Å²) in [7, 11) is -3.83. The van der Waals surface area contributed by atoms with E-state index in [9.17, 15) is 18.0 Å². The number of carbonyl (C=O) groups is 2. The van der Waals surface area contributed by atoms with E-state index < -0.39 is 27.5 Å². The van der Waals surface area contributed by atoms with E-state index in [1.165, 1.54) is 31.2 Å². The fourth-order valence-corrected chi connectivity index (χ4v) is 3.07. The molecular weight excluding hydrogens is 346 g/mol. The summed E-state index contributed by atoms with van der Waals surface area (Å²) in [6.07, 6.45) is 0.889. The molecule has 9 heteroatoms. The van der Waals surface area contributed by atoms with Crippen molar-refractivity contribution in [2.24, 2.45) is 0 Å². The zero-order valence-electron chi connectivity index (χ0n) is 12.5. The molecule has 1 aromatic carbocycles. The molecule has 1 aromatic rings. The van der Waals surface area contributed by atoms with Crippen LogP contribution < -0.4 is 4.72 Å². The molecule has 1 atom stereocenters. The normalized spacial score (nSPS) is 21.3. The zero-order valence-corrected chi connectivity index (χ0v) is 14.1. The Bertz CT molecular complexity index is 799. The predicted octanol–water partition coefficient (Wildman–Crippen LogP) is 1.44. The summed E-state index contributed by atoms with van der Waals surface area (Å²) in [5.41, 5.74) is -1.83. The van der Waals surface area contributed by atoms with Gasteiger partial charge in [-0.3, -0.25) is 9.59 Å². The third kappa shape index (κ3) is 3.54. The van der Waals surface area contributed by atoms with Crippen LogP contribution in [0.5, 0.6) is 0 Å². The number of rotatable bonds is 4. The SMILES string of the molecule is CC(=O)OC1=C(C)OC(NS(C)(=O)=O)(c2ccc(Cl)cc2)C1=O. The fraction of sp³-hybridized carbons (Fsp3) is 0.286. The number of halogens is 1. The first-order valence-corrected chi connectivity index (χ1v) is 8.70. The van der Waals surface area contributed by atoms with Crippen molar-refractivity contribution >= 4 is 33.4 Å². The monoisotopic (exact) mass is 359 g/mol. The molecular formula is C14H14ClNO6S. The molecule has 1 aliphatic heterocycles. The fourth-order valence-electron chi connectivity index (χ4n) is 2.17. The second-order valence-electron chi connectivity index (χ2n) is 4.97. The molecule has 1 unspecified atom stereocenters. The van der Waals surface area contributed by atoms with Gasteiger partial charge in [0.2, 0.25) is 15.8 Å². The molecule has 0 saturated carbocycles. The van der Waals surface area contributed by atoms with Gasteiger partial charge in [-0.15, -0.1) is 0 Å². The Morgan fingerprint density at radius 3 is 2.35 bits per heavy atom. The molecule has 7 nitrogen and oxygen atoms in total. The molecule has 0 radical (unpaired) electrons. The van der Waals surface area contributed by atoms with Crippen molar-refractivity contribution in [3.05, 3.63) is 46.4 Å². The standard InChI is InChI=1S/C14H14ClNO6S/c1-8-12(21-9(2)17)13(18)14(22-8,16-23(3,19)20)10-4-6-11(15)7-5-10/h4-7,16H,1-3H3. The van der Waals surface area contributed by atoms with E-state index >= 15 is 0 Å². The average Bonchev–Trinajstić information content (AvgIpc) is 2.62. The van der Waals surface area contributed by atoms with Crippen molar-refractivity contribution in [2.45, 2.75) is 19.6 Å². The second-order valence-corrected chi connectivity index (χ2v) is 7.16. The summed E-state index contributed by atoms with van der Waals surface area (Å²) in [5.74, 6) is -1.89. The molecule has 1 aliphatic rings. The number of esters is 1. The summed E-state index contributed by atoms with van der Waals surface area (Å²) in [6.45, 7) is 2.53. The van der Waals surface area contributed by atoms with Crippen LogP contribution in [0.2, 0.25) is 5.02 Å². The first kappa shape index (κ1) is 17.5. The molecule has 124 valence electrons. The number of benzene rings is 1. The summed E-state index contributed by atoms with van der Waals surface area (Å²) in [4.78, 5) is 23.9. The molecule has 0 aliphatic carbocycles. The highest BCUT2D eigenvalue weighted by Crippen LogP contribution is 2.38. The Morgan fingerprint density at radius 1 is 1.30 bits per heavy atom. The smallest absolute Gasteiger partial charge is 0.308 e. The van der Waals surface area contributed by atoms with E-state index in [-0.39, 0.29) is 17.1 Å². The summed E-state index contributed by atoms with van der Waals surface area (Å²) in [6, 6.07) is 5.86. The van der Waals surface area contributed by atoms with Gasteiger partial charge in [-0.25, -0.2) is 8.42 Å². The maximum atomic E-state index is 12.7. The quantitative estimate of drug-likeness (QED) is 0.817. The lowest BCUT2D eigenvalue weighted by molar-refractivity contribution is -0.143. The van der Waals surface area contributed by atoms with E-state index in [0.29, 0.717) is 5.02 Å². The Labute approximate surface area is 138 Å². The van der Waals surface area contributed by atoms with Crippen LogP contribution in [0, 0.1) is 0 Å². The minimum absolute atomic E-state index is 0.00343. The van der Waals surface area contributed by atoms with Gasteiger partial charge in [-0.2, -0.15) is 4.72 Å². The Morgan fingerprint density at radius 2 is 1.87 bits per heavy atom. The van der Waals surface area contributed by atoms with Gasteiger partial charge in [0.25, 0.3) is 11.5 Å². The van der Waals surface area contributed by atoms with Crippen molar-refractivity contribution in [1.29, 1.82) is 0 Å². The number of carbonyl (C=O) groups excluding carboxylic acids is 2. The Kier molecular flexibility index (Phi) is 4.52. The molecule has 0 fully saturated rings. The first-order chi connectivity index (χ1) is 10.5. The number of nitrogens with one attached hydrogen (secondary N) is 1. The van der Waals surface area contributed by atoms with Gasteiger partial charge < -0.3 is 9.47 Å². The molecule has 0 spiro atoms. The van der Waals surface area contributed by atoms with Crippen LogP contribution >= 0.6 is 11.6 Å². The van der Waals surface area contributed by atoms with E-state index in [1.54, 1.807) is 0 Å². The van der Waals surface area contributed by atoms with Gasteiger partial charge in [0.15, 0.2) is 0 Å². The first-order valence-electron chi connectivity index (χ1n) is 6.43. The third-order valence-electron chi connectivity index (χ3n) is 2.98. The lowest BCUT2D eigenvalue weighted by Crippen LogP contribution is -2.51. The van der Waals surface area contributed by atoms with Crippen molar-refractivity contribution in [3.63, 3.8) is 0 Å². The lowest BCUT2D eigenvalue weighted by atomic mass is 9.99. The largest absolute Gasteiger partial charge is 0.460 e. The molecule has 23 heavy (non-hydrogen) atoms. The van der Waals surface area contributed by atoms with Crippen LogP contribution in [0.25, 0.3) is 0 Å². The summed E-state index contributed by atoms with van der Waals surface area (Å²) >= 11 is 5.82. The van der Waals surface area contributed by atoms with Crippen LogP contribution in [0.1, 0.15) is 19.4 Å². The number of sulfonamides is 1. The number of ether oxygens (including phenoxy) is 2. The minimum atomic E-state index is -3.83. The molecule has 2 rings (SSSR count). The van der Waals surface area contributed by atoms with E-state index in [1.807, 2.05) is 0 Å². The highest BCUT2D eigenvalue weighted by molar-refractivity contribution is 7.88. The van der Waals surface area contributed by atoms with Crippen LogP contribution in [0.3, 0.4) is 0 Å². The van der Waals surface area contributed by atoms with Gasteiger partial charge in [0, 0.05) is 17.5 Å². The highest BCUT2D eigenvalue weighted by atomic mass is 35.5. The van der Waals surface area contributed by atoms with E-state index in [0.717, 1.165) is 13.2 Å². The molecule has 0 bridgehead atoms. The van der Waals surface area contributed by atoms with Crippen molar-refractivity contribution in [1.82, 2.24) is 4.72 Å². The lowest BCUT2D eigenvalue weighted by Gasteiger charge is -2.28. The summed E-state index contributed by atoms with van der Waals surface area (Å²) in [5, 5.41) is 0.401. The number of Topliss-reactive ketones (excluding diaryl/α,β-unsaturated/α-hetero) is 1. The maximum Gasteiger partial charge on any atom is 0.308 e. The van der Waals surface area contributed by atoms with Gasteiger partial charge in [-0.1, -0.05) is 23.7 Å². The molecule has 0 aromatic heterocycles. The van der Waals surface area contributed by atoms with Crippen LogP contribution in [0.15, 0.2) is 35.8 Å². The molecule has 0 saturated heterocycles. The second kappa shape index (κ2) is 5.95. The third-order valence-corrected chi connectivity index (χ3v) is 3.89. The predicted molar refractivity (Wildman–Crippen MR) is 81.7 cm³/mol. The number of hydrogen-bond donors (Lipinski definition) is 1. The molecule has 1 N–H and O–H groups in total. The van der Waals surface area contributed by atoms with Crippen molar-refractivity contribution in [2.75, 3.05) is 6.26 Å². The Balaban J connectivity index is 2.56. The van der Waals surface area contributed by atoms with Gasteiger partial charge in [-0.05, 0) is 19.1 Å². The Hall–Kier alpha value is -1.90. The van der Waals surface area contributed by atoms with Gasteiger partial charge >= 0.3 is 5.97 Å². The highest BCUT2D eigenvalue weighted by Gasteiger charge is 2.53. The summed E-state index contributed by atoms with van der Waals surface area (Å²) < 4.78 is 36.0. The topological polar surface area (TPSA) is 98.8 Å². The van der Waals surface area contributed by atoms with Crippen molar-refractivity contribution in [3.8, 4) is 0 Å². The zero-order chi connectivity index (χ0) is 17.4. The molecule has 0 amide bonds. The number of allylic oxidation sites excluding steroid dienone is 1.